The summed E-state index contributed by atoms with van der Waals surface area (Å²) in [6, 6.07) is 0. The van der Waals surface area contributed by atoms with E-state index in [0.29, 0.717) is 6.42 Å². The summed E-state index contributed by atoms with van der Waals surface area (Å²) in [7, 11) is 1.07. The van der Waals surface area contributed by atoms with Gasteiger partial charge in [0, 0.05) is 5.56 Å². The smallest absolute Gasteiger partial charge is 0.309 e. The highest BCUT2D eigenvalue weighted by molar-refractivity contribution is 5.72. The first kappa shape index (κ1) is 17.1. The molecular formula is C14H13F5O2. The molecule has 0 fully saturated rings. The summed E-state index contributed by atoms with van der Waals surface area (Å²) < 4.78 is 70.7. The highest BCUT2D eigenvalue weighted by Gasteiger charge is 2.29. The van der Waals surface area contributed by atoms with Crippen LogP contribution < -0.4 is 0 Å². The highest BCUT2D eigenvalue weighted by Crippen LogP contribution is 2.26. The molecule has 0 saturated heterocycles. The molecule has 0 radical (unpaired) electrons. The van der Waals surface area contributed by atoms with Crippen molar-refractivity contribution in [1.29, 1.82) is 0 Å². The Balaban J connectivity index is 3.20. The Morgan fingerprint density at radius 2 is 1.57 bits per heavy atom. The lowest BCUT2D eigenvalue weighted by molar-refractivity contribution is -0.145. The van der Waals surface area contributed by atoms with E-state index in [1.807, 2.05) is 0 Å². The van der Waals surface area contributed by atoms with Crippen LogP contribution in [0, 0.1) is 35.0 Å². The van der Waals surface area contributed by atoms with Crippen LogP contribution in [-0.2, 0) is 16.0 Å². The SMILES string of the molecule is C=CCCC(Cc1c(F)c(F)c(F)c(F)c1F)C(=O)OC. The molecule has 0 saturated carbocycles. The van der Waals surface area contributed by atoms with Crippen molar-refractivity contribution < 1.29 is 31.5 Å². The molecule has 0 N–H and O–H groups in total. The van der Waals surface area contributed by atoms with Gasteiger partial charge in [-0.05, 0) is 19.3 Å². The Kier molecular flexibility index (Phi) is 5.87. The first-order valence-corrected chi connectivity index (χ1v) is 6.04. The number of hydrogen-bond acceptors (Lipinski definition) is 2. The summed E-state index contributed by atoms with van der Waals surface area (Å²) in [6.45, 7) is 3.43. The van der Waals surface area contributed by atoms with E-state index < -0.39 is 53.0 Å². The predicted molar refractivity (Wildman–Crippen MR) is 64.9 cm³/mol. The fourth-order valence-electron chi connectivity index (χ4n) is 1.86. The van der Waals surface area contributed by atoms with Gasteiger partial charge in [-0.15, -0.1) is 6.58 Å². The van der Waals surface area contributed by atoms with Crippen LogP contribution >= 0.6 is 0 Å². The molecule has 0 aliphatic heterocycles. The highest BCUT2D eigenvalue weighted by atomic mass is 19.2. The van der Waals surface area contributed by atoms with Crippen molar-refractivity contribution >= 4 is 5.97 Å². The predicted octanol–water partition coefficient (Wildman–Crippen LogP) is 3.68. The third-order valence-corrected chi connectivity index (χ3v) is 3.01. The van der Waals surface area contributed by atoms with Crippen LogP contribution in [-0.4, -0.2) is 13.1 Å². The normalized spacial score (nSPS) is 12.1. The molecule has 0 amide bonds. The minimum atomic E-state index is -2.23. The van der Waals surface area contributed by atoms with Crippen molar-refractivity contribution in [1.82, 2.24) is 0 Å². The van der Waals surface area contributed by atoms with E-state index in [9.17, 15) is 26.7 Å². The molecule has 21 heavy (non-hydrogen) atoms. The number of allylic oxidation sites excluding steroid dienone is 1. The number of carbonyl (C=O) groups excluding carboxylic acids is 1. The lowest BCUT2D eigenvalue weighted by atomic mass is 9.94. The lowest BCUT2D eigenvalue weighted by Gasteiger charge is -2.15. The second-order valence-corrected chi connectivity index (χ2v) is 4.34. The number of halogens is 5. The molecule has 0 spiro atoms. The monoisotopic (exact) mass is 308 g/mol. The third kappa shape index (κ3) is 3.59. The van der Waals surface area contributed by atoms with Crippen LogP contribution in [0.3, 0.4) is 0 Å². The maximum atomic E-state index is 13.6. The van der Waals surface area contributed by atoms with Crippen LogP contribution in [0.25, 0.3) is 0 Å². The van der Waals surface area contributed by atoms with Gasteiger partial charge >= 0.3 is 5.97 Å². The number of benzene rings is 1. The minimum Gasteiger partial charge on any atom is -0.469 e. The van der Waals surface area contributed by atoms with E-state index in [0.717, 1.165) is 7.11 Å². The van der Waals surface area contributed by atoms with Gasteiger partial charge in [0.1, 0.15) is 0 Å². The van der Waals surface area contributed by atoms with Crippen molar-refractivity contribution in [2.24, 2.45) is 5.92 Å². The summed E-state index contributed by atoms with van der Waals surface area (Å²) in [6.07, 6.45) is 1.27. The molecule has 0 aliphatic carbocycles. The van der Waals surface area contributed by atoms with E-state index in [-0.39, 0.29) is 6.42 Å². The molecule has 116 valence electrons. The van der Waals surface area contributed by atoms with Gasteiger partial charge in [0.2, 0.25) is 5.82 Å². The molecular weight excluding hydrogens is 295 g/mol. The van der Waals surface area contributed by atoms with Crippen LogP contribution in [0.2, 0.25) is 0 Å². The number of rotatable bonds is 6. The average molecular weight is 308 g/mol. The largest absolute Gasteiger partial charge is 0.469 e. The Bertz CT molecular complexity index is 528. The van der Waals surface area contributed by atoms with E-state index in [2.05, 4.69) is 11.3 Å². The first-order valence-electron chi connectivity index (χ1n) is 6.04. The second-order valence-electron chi connectivity index (χ2n) is 4.34. The molecule has 7 heteroatoms. The standard InChI is InChI=1S/C14H13F5O2/c1-3-4-5-7(14(20)21-2)6-8-9(15)11(17)13(19)12(18)10(8)16/h3,7H,1,4-6H2,2H3. The Labute approximate surface area is 118 Å². The quantitative estimate of drug-likeness (QED) is 0.263. The van der Waals surface area contributed by atoms with Crippen LogP contribution in [0.15, 0.2) is 12.7 Å². The number of hydrogen-bond donors (Lipinski definition) is 0. The third-order valence-electron chi connectivity index (χ3n) is 3.01. The van der Waals surface area contributed by atoms with Gasteiger partial charge in [0.05, 0.1) is 13.0 Å². The average Bonchev–Trinajstić information content (AvgIpc) is 2.49. The van der Waals surface area contributed by atoms with E-state index in [4.69, 9.17) is 0 Å². The molecule has 1 atom stereocenters. The molecule has 0 heterocycles. The first-order chi connectivity index (χ1) is 9.84. The molecule has 1 aromatic rings. The zero-order valence-electron chi connectivity index (χ0n) is 11.2. The van der Waals surface area contributed by atoms with Crippen LogP contribution in [0.1, 0.15) is 18.4 Å². The van der Waals surface area contributed by atoms with Crippen molar-refractivity contribution in [2.45, 2.75) is 19.3 Å². The maximum absolute atomic E-state index is 13.6. The molecule has 0 bridgehead atoms. The van der Waals surface area contributed by atoms with E-state index in [1.54, 1.807) is 0 Å². The zero-order valence-corrected chi connectivity index (χ0v) is 11.2. The molecule has 1 unspecified atom stereocenters. The maximum Gasteiger partial charge on any atom is 0.309 e. The number of esters is 1. The van der Waals surface area contributed by atoms with Gasteiger partial charge in [-0.1, -0.05) is 6.08 Å². The van der Waals surface area contributed by atoms with E-state index >= 15 is 0 Å². The van der Waals surface area contributed by atoms with Gasteiger partial charge in [-0.2, -0.15) is 0 Å². The summed E-state index contributed by atoms with van der Waals surface area (Å²) in [5.74, 6) is -12.0. The van der Waals surface area contributed by atoms with Crippen LogP contribution in [0.5, 0.6) is 0 Å². The Hall–Kier alpha value is -1.92. The summed E-state index contributed by atoms with van der Waals surface area (Å²) in [5.41, 5.74) is -1.02. The molecule has 2 nitrogen and oxygen atoms in total. The Morgan fingerprint density at radius 1 is 1.10 bits per heavy atom. The molecule has 1 aromatic carbocycles. The van der Waals surface area contributed by atoms with Gasteiger partial charge in [-0.3, -0.25) is 4.79 Å². The molecule has 0 aromatic heterocycles. The zero-order chi connectivity index (χ0) is 16.2. The van der Waals surface area contributed by atoms with Crippen molar-refractivity contribution in [3.8, 4) is 0 Å². The summed E-state index contributed by atoms with van der Waals surface area (Å²) in [5, 5.41) is 0. The van der Waals surface area contributed by atoms with Crippen molar-refractivity contribution in [3.05, 3.63) is 47.3 Å². The number of carbonyl (C=O) groups is 1. The van der Waals surface area contributed by atoms with Crippen molar-refractivity contribution in [2.75, 3.05) is 7.11 Å². The van der Waals surface area contributed by atoms with Gasteiger partial charge < -0.3 is 4.74 Å². The fraction of sp³-hybridized carbons (Fsp3) is 0.357. The second kappa shape index (κ2) is 7.19. The van der Waals surface area contributed by atoms with Crippen LogP contribution in [0.4, 0.5) is 22.0 Å². The summed E-state index contributed by atoms with van der Waals surface area (Å²) in [4.78, 5) is 11.5. The van der Waals surface area contributed by atoms with Gasteiger partial charge in [0.25, 0.3) is 0 Å². The molecule has 0 aliphatic rings. The Morgan fingerprint density at radius 3 is 2.00 bits per heavy atom. The number of methoxy groups -OCH3 is 1. The lowest BCUT2D eigenvalue weighted by Crippen LogP contribution is -2.21. The van der Waals surface area contributed by atoms with Gasteiger partial charge in [-0.25, -0.2) is 22.0 Å². The van der Waals surface area contributed by atoms with Gasteiger partial charge in [0.15, 0.2) is 23.3 Å². The summed E-state index contributed by atoms with van der Waals surface area (Å²) >= 11 is 0. The van der Waals surface area contributed by atoms with Crippen molar-refractivity contribution in [3.63, 3.8) is 0 Å². The molecule has 1 rings (SSSR count). The number of ether oxygens (including phenoxy) is 1. The topological polar surface area (TPSA) is 26.3 Å². The minimum absolute atomic E-state index is 0.121. The van der Waals surface area contributed by atoms with E-state index in [1.165, 1.54) is 6.08 Å². The fourth-order valence-corrected chi connectivity index (χ4v) is 1.86.